The average Bonchev–Trinajstić information content (AvgIpc) is 2.88. The normalized spacial score (nSPS) is 18.0. The summed E-state index contributed by atoms with van der Waals surface area (Å²) in [4.78, 5) is 43.3. The van der Waals surface area contributed by atoms with Crippen molar-refractivity contribution in [2.24, 2.45) is 0 Å². The predicted molar refractivity (Wildman–Crippen MR) is 126 cm³/mol. The van der Waals surface area contributed by atoms with Crippen molar-refractivity contribution in [2.45, 2.75) is 26.0 Å². The molecule has 1 unspecified atom stereocenters. The number of ether oxygens (including phenoxy) is 2. The molecular weight excluding hydrogens is 436 g/mol. The maximum atomic E-state index is 14.0. The summed E-state index contributed by atoms with van der Waals surface area (Å²) in [5.41, 5.74) is 0.481. The van der Waals surface area contributed by atoms with E-state index in [1.807, 2.05) is 19.9 Å². The molecule has 5 rings (SSSR count). The van der Waals surface area contributed by atoms with Gasteiger partial charge in [0.15, 0.2) is 11.8 Å². The van der Waals surface area contributed by atoms with Crippen LogP contribution in [0.4, 0.5) is 5.69 Å². The Bertz CT molecular complexity index is 1310. The molecule has 2 aromatic carbocycles. The van der Waals surface area contributed by atoms with Crippen LogP contribution in [-0.4, -0.2) is 65.4 Å². The molecule has 0 N–H and O–H groups in total. The van der Waals surface area contributed by atoms with Crippen LogP contribution in [0.25, 0.3) is 10.8 Å². The molecule has 176 valence electrons. The Morgan fingerprint density at radius 3 is 2.41 bits per heavy atom. The van der Waals surface area contributed by atoms with Crippen LogP contribution in [0.5, 0.6) is 5.75 Å². The van der Waals surface area contributed by atoms with Gasteiger partial charge in [-0.05, 0) is 32.0 Å². The van der Waals surface area contributed by atoms with Gasteiger partial charge >= 0.3 is 0 Å². The molecule has 9 nitrogen and oxygen atoms in total. The lowest BCUT2D eigenvalue weighted by molar-refractivity contribution is -0.142. The highest BCUT2D eigenvalue weighted by Crippen LogP contribution is 2.35. The van der Waals surface area contributed by atoms with Crippen molar-refractivity contribution in [1.82, 2.24) is 14.7 Å². The lowest BCUT2D eigenvalue weighted by atomic mass is 10.1. The molecule has 0 bridgehead atoms. The largest absolute Gasteiger partial charge is 0.476 e. The number of para-hydroxylation sites is 2. The molecule has 2 amide bonds. The van der Waals surface area contributed by atoms with Crippen LogP contribution in [0.3, 0.4) is 0 Å². The Hall–Kier alpha value is -3.72. The second-order valence-electron chi connectivity index (χ2n) is 8.67. The van der Waals surface area contributed by atoms with Crippen molar-refractivity contribution in [3.8, 4) is 5.75 Å². The topological polar surface area (TPSA) is 94.0 Å². The van der Waals surface area contributed by atoms with Crippen LogP contribution in [0.15, 0.2) is 53.3 Å². The van der Waals surface area contributed by atoms with Crippen molar-refractivity contribution in [1.29, 1.82) is 0 Å². The van der Waals surface area contributed by atoms with E-state index in [1.165, 1.54) is 9.58 Å². The molecule has 1 aromatic heterocycles. The van der Waals surface area contributed by atoms with E-state index < -0.39 is 6.10 Å². The molecule has 1 fully saturated rings. The number of carbonyl (C=O) groups excluding carboxylic acids is 2. The molecule has 1 saturated heterocycles. The van der Waals surface area contributed by atoms with Crippen molar-refractivity contribution in [3.05, 3.63) is 64.6 Å². The minimum absolute atomic E-state index is 0.0445. The van der Waals surface area contributed by atoms with E-state index in [1.54, 1.807) is 47.4 Å². The number of hydrogen-bond acceptors (Lipinski definition) is 6. The van der Waals surface area contributed by atoms with Crippen molar-refractivity contribution < 1.29 is 19.1 Å². The van der Waals surface area contributed by atoms with Crippen molar-refractivity contribution in [2.75, 3.05) is 37.7 Å². The van der Waals surface area contributed by atoms with Gasteiger partial charge in [0.1, 0.15) is 5.75 Å². The van der Waals surface area contributed by atoms with Gasteiger partial charge in [0.05, 0.1) is 36.9 Å². The molecule has 9 heteroatoms. The number of anilines is 1. The highest BCUT2D eigenvalue weighted by Gasteiger charge is 2.37. The molecule has 3 heterocycles. The monoisotopic (exact) mass is 462 g/mol. The maximum Gasteiger partial charge on any atom is 0.279 e. The van der Waals surface area contributed by atoms with Gasteiger partial charge in [-0.1, -0.05) is 30.3 Å². The van der Waals surface area contributed by atoms with E-state index in [2.05, 4.69) is 5.10 Å². The molecule has 0 aliphatic carbocycles. The van der Waals surface area contributed by atoms with Gasteiger partial charge < -0.3 is 14.4 Å². The van der Waals surface area contributed by atoms with Gasteiger partial charge in [0.2, 0.25) is 0 Å². The zero-order chi connectivity index (χ0) is 23.8. The van der Waals surface area contributed by atoms with Gasteiger partial charge in [-0.25, -0.2) is 4.68 Å². The molecule has 0 radical (unpaired) electrons. The maximum absolute atomic E-state index is 14.0. The summed E-state index contributed by atoms with van der Waals surface area (Å²) in [6, 6.07) is 13.9. The fourth-order valence-corrected chi connectivity index (χ4v) is 4.39. The first-order valence-electron chi connectivity index (χ1n) is 11.4. The van der Waals surface area contributed by atoms with Crippen LogP contribution in [0, 0.1) is 0 Å². The number of fused-ring (bicyclic) bond motifs is 2. The summed E-state index contributed by atoms with van der Waals surface area (Å²) in [5, 5.41) is 5.38. The van der Waals surface area contributed by atoms with E-state index >= 15 is 0 Å². The number of amides is 2. The van der Waals surface area contributed by atoms with Crippen LogP contribution in [0.2, 0.25) is 0 Å². The fraction of sp³-hybridized carbons (Fsp3) is 0.360. The molecule has 0 saturated carbocycles. The van der Waals surface area contributed by atoms with Crippen LogP contribution >= 0.6 is 0 Å². The number of nitrogens with zero attached hydrogens (tertiary/aromatic N) is 4. The zero-order valence-corrected chi connectivity index (χ0v) is 19.1. The first-order valence-corrected chi connectivity index (χ1v) is 11.4. The summed E-state index contributed by atoms with van der Waals surface area (Å²) in [7, 11) is 0. The van der Waals surface area contributed by atoms with Gasteiger partial charge in [-0.15, -0.1) is 0 Å². The fourth-order valence-electron chi connectivity index (χ4n) is 4.39. The SMILES string of the molecule is CC(C)n1nc(C(=O)N2CC(C(=O)N3CCOCC3)Oc3ccccc32)c2ccccc2c1=O. The van der Waals surface area contributed by atoms with E-state index in [9.17, 15) is 14.4 Å². The summed E-state index contributed by atoms with van der Waals surface area (Å²) in [6.07, 6.45) is -0.848. The molecule has 2 aliphatic rings. The van der Waals surface area contributed by atoms with E-state index in [4.69, 9.17) is 9.47 Å². The third-order valence-corrected chi connectivity index (χ3v) is 6.14. The molecule has 2 aliphatic heterocycles. The summed E-state index contributed by atoms with van der Waals surface area (Å²) in [6.45, 7) is 5.66. The summed E-state index contributed by atoms with van der Waals surface area (Å²) in [5.74, 6) is -0.114. The summed E-state index contributed by atoms with van der Waals surface area (Å²) < 4.78 is 12.7. The molecule has 1 atom stereocenters. The number of rotatable bonds is 3. The number of hydrogen-bond donors (Lipinski definition) is 0. The highest BCUT2D eigenvalue weighted by atomic mass is 16.5. The van der Waals surface area contributed by atoms with Gasteiger partial charge in [0, 0.05) is 18.5 Å². The minimum atomic E-state index is -0.848. The average molecular weight is 463 g/mol. The van der Waals surface area contributed by atoms with Gasteiger partial charge in [-0.2, -0.15) is 5.10 Å². The van der Waals surface area contributed by atoms with Crippen LogP contribution < -0.4 is 15.2 Å². The third kappa shape index (κ3) is 3.81. The second kappa shape index (κ2) is 8.90. The van der Waals surface area contributed by atoms with Crippen molar-refractivity contribution in [3.63, 3.8) is 0 Å². The van der Waals surface area contributed by atoms with Crippen LogP contribution in [-0.2, 0) is 9.53 Å². The van der Waals surface area contributed by atoms with Gasteiger partial charge in [0.25, 0.3) is 17.4 Å². The quantitative estimate of drug-likeness (QED) is 0.593. The van der Waals surface area contributed by atoms with E-state index in [-0.39, 0.29) is 35.7 Å². The van der Waals surface area contributed by atoms with E-state index in [0.717, 1.165) is 0 Å². The first kappa shape index (κ1) is 22.1. The van der Waals surface area contributed by atoms with Gasteiger partial charge in [-0.3, -0.25) is 19.3 Å². The second-order valence-corrected chi connectivity index (χ2v) is 8.67. The molecule has 34 heavy (non-hydrogen) atoms. The third-order valence-electron chi connectivity index (χ3n) is 6.14. The Balaban J connectivity index is 1.58. The molecule has 3 aromatic rings. The Labute approximate surface area is 196 Å². The molecular formula is C25H26N4O5. The predicted octanol–water partition coefficient (Wildman–Crippen LogP) is 2.24. The Kier molecular flexibility index (Phi) is 5.79. The first-order chi connectivity index (χ1) is 16.5. The smallest absolute Gasteiger partial charge is 0.279 e. The molecule has 0 spiro atoms. The number of aromatic nitrogens is 2. The Morgan fingerprint density at radius 2 is 1.68 bits per heavy atom. The van der Waals surface area contributed by atoms with E-state index in [0.29, 0.717) is 48.5 Å². The van der Waals surface area contributed by atoms with Crippen molar-refractivity contribution >= 4 is 28.3 Å². The number of morpholine rings is 1. The minimum Gasteiger partial charge on any atom is -0.476 e. The lowest BCUT2D eigenvalue weighted by Gasteiger charge is -2.37. The summed E-state index contributed by atoms with van der Waals surface area (Å²) >= 11 is 0. The standard InChI is InChI=1S/C25H26N4O5/c1-16(2)29-23(30)18-8-4-3-7-17(18)22(26-29)25(32)28-15-21(24(31)27-11-13-33-14-12-27)34-20-10-6-5-9-19(20)28/h3-10,16,21H,11-15H2,1-2H3. The van der Waals surface area contributed by atoms with Crippen LogP contribution in [0.1, 0.15) is 30.4 Å². The zero-order valence-electron chi connectivity index (χ0n) is 19.1. The highest BCUT2D eigenvalue weighted by molar-refractivity contribution is 6.13. The Morgan fingerprint density at radius 1 is 1.00 bits per heavy atom. The number of benzene rings is 2. The lowest BCUT2D eigenvalue weighted by Crippen LogP contribution is -2.54. The number of carbonyl (C=O) groups is 2.